The summed E-state index contributed by atoms with van der Waals surface area (Å²) in [4.78, 5) is 37.7. The highest BCUT2D eigenvalue weighted by Crippen LogP contribution is 2.27. The SMILES string of the molecule is CCC(=O)Nc1ccc(Cl)c(NC(=O)C2CCCN(C(=O)CC)C2)c1. The molecule has 1 atom stereocenters. The van der Waals surface area contributed by atoms with Crippen molar-refractivity contribution in [2.45, 2.75) is 39.5 Å². The molecule has 1 unspecified atom stereocenters. The van der Waals surface area contributed by atoms with Crippen LogP contribution in [0.4, 0.5) is 11.4 Å². The van der Waals surface area contributed by atoms with Gasteiger partial charge in [0.25, 0.3) is 0 Å². The molecule has 1 aromatic carbocycles. The summed E-state index contributed by atoms with van der Waals surface area (Å²) in [6.45, 7) is 4.72. The van der Waals surface area contributed by atoms with Crippen molar-refractivity contribution in [3.63, 3.8) is 0 Å². The van der Waals surface area contributed by atoms with Crippen LogP contribution in [0.1, 0.15) is 39.5 Å². The summed E-state index contributed by atoms with van der Waals surface area (Å²) < 4.78 is 0. The van der Waals surface area contributed by atoms with Crippen molar-refractivity contribution in [2.75, 3.05) is 23.7 Å². The van der Waals surface area contributed by atoms with Crippen LogP contribution in [0.3, 0.4) is 0 Å². The number of hydrogen-bond donors (Lipinski definition) is 2. The van der Waals surface area contributed by atoms with Crippen LogP contribution >= 0.6 is 11.6 Å². The van der Waals surface area contributed by atoms with Crippen molar-refractivity contribution < 1.29 is 14.4 Å². The summed E-state index contributed by atoms with van der Waals surface area (Å²) in [5.74, 6) is -0.455. The molecular weight excluding hydrogens is 342 g/mol. The number of likely N-dealkylation sites (tertiary alicyclic amines) is 1. The van der Waals surface area contributed by atoms with Gasteiger partial charge in [-0.3, -0.25) is 14.4 Å². The highest BCUT2D eigenvalue weighted by Gasteiger charge is 2.28. The van der Waals surface area contributed by atoms with Crippen LogP contribution < -0.4 is 10.6 Å². The summed E-state index contributed by atoms with van der Waals surface area (Å²) in [5, 5.41) is 5.97. The molecule has 0 aliphatic carbocycles. The second-order valence-electron chi connectivity index (χ2n) is 6.12. The fraction of sp³-hybridized carbons (Fsp3) is 0.500. The molecule has 136 valence electrons. The molecular formula is C18H24ClN3O3. The number of piperidine rings is 1. The number of halogens is 1. The Balaban J connectivity index is 2.05. The first kappa shape index (κ1) is 19.2. The van der Waals surface area contributed by atoms with E-state index in [1.54, 1.807) is 30.0 Å². The molecule has 1 saturated heterocycles. The number of anilines is 2. The largest absolute Gasteiger partial charge is 0.342 e. The minimum absolute atomic E-state index is 0.0693. The van der Waals surface area contributed by atoms with Crippen LogP contribution in [-0.4, -0.2) is 35.7 Å². The van der Waals surface area contributed by atoms with Gasteiger partial charge >= 0.3 is 0 Å². The summed E-state index contributed by atoms with van der Waals surface area (Å²) >= 11 is 6.16. The molecule has 0 bridgehead atoms. The van der Waals surface area contributed by atoms with E-state index >= 15 is 0 Å². The predicted molar refractivity (Wildman–Crippen MR) is 98.6 cm³/mol. The summed E-state index contributed by atoms with van der Waals surface area (Å²) in [7, 11) is 0. The molecule has 0 aromatic heterocycles. The molecule has 25 heavy (non-hydrogen) atoms. The molecule has 2 N–H and O–H groups in total. The Labute approximate surface area is 152 Å². The molecule has 1 aliphatic heterocycles. The monoisotopic (exact) mass is 365 g/mol. The van der Waals surface area contributed by atoms with Gasteiger partial charge in [-0.25, -0.2) is 0 Å². The Bertz CT molecular complexity index is 663. The maximum Gasteiger partial charge on any atom is 0.229 e. The average molecular weight is 366 g/mol. The van der Waals surface area contributed by atoms with Gasteiger partial charge in [0.15, 0.2) is 0 Å². The van der Waals surface area contributed by atoms with Crippen molar-refractivity contribution in [3.8, 4) is 0 Å². The molecule has 2 rings (SSSR count). The number of nitrogens with one attached hydrogen (secondary N) is 2. The molecule has 0 spiro atoms. The van der Waals surface area contributed by atoms with Crippen molar-refractivity contribution in [3.05, 3.63) is 23.2 Å². The second-order valence-corrected chi connectivity index (χ2v) is 6.53. The van der Waals surface area contributed by atoms with Gasteiger partial charge in [0.05, 0.1) is 16.6 Å². The van der Waals surface area contributed by atoms with E-state index < -0.39 is 0 Å². The van der Waals surface area contributed by atoms with Crippen molar-refractivity contribution >= 4 is 40.7 Å². The number of amides is 3. The van der Waals surface area contributed by atoms with Crippen LogP contribution in [0.5, 0.6) is 0 Å². The fourth-order valence-electron chi connectivity index (χ4n) is 2.82. The summed E-state index contributed by atoms with van der Waals surface area (Å²) in [6, 6.07) is 4.97. The van der Waals surface area contributed by atoms with E-state index in [2.05, 4.69) is 10.6 Å². The third kappa shape index (κ3) is 5.19. The topological polar surface area (TPSA) is 78.5 Å². The van der Waals surface area contributed by atoms with E-state index in [-0.39, 0.29) is 23.6 Å². The molecule has 3 amide bonds. The minimum Gasteiger partial charge on any atom is -0.342 e. The first-order chi connectivity index (χ1) is 11.9. The maximum atomic E-state index is 12.6. The number of nitrogens with zero attached hydrogens (tertiary/aromatic N) is 1. The van der Waals surface area contributed by atoms with E-state index in [0.29, 0.717) is 42.3 Å². The molecule has 1 aromatic rings. The quantitative estimate of drug-likeness (QED) is 0.840. The van der Waals surface area contributed by atoms with Crippen LogP contribution in [0.2, 0.25) is 5.02 Å². The molecule has 1 aliphatic rings. The molecule has 6 nitrogen and oxygen atoms in total. The second kappa shape index (κ2) is 8.85. The van der Waals surface area contributed by atoms with Crippen LogP contribution in [-0.2, 0) is 14.4 Å². The molecule has 7 heteroatoms. The lowest BCUT2D eigenvalue weighted by molar-refractivity contribution is -0.134. The van der Waals surface area contributed by atoms with E-state index in [4.69, 9.17) is 11.6 Å². The van der Waals surface area contributed by atoms with Crippen molar-refractivity contribution in [1.82, 2.24) is 4.90 Å². The number of benzene rings is 1. The van der Waals surface area contributed by atoms with E-state index in [0.717, 1.165) is 12.8 Å². The fourth-order valence-corrected chi connectivity index (χ4v) is 2.99. The third-order valence-electron chi connectivity index (χ3n) is 4.28. The zero-order valence-corrected chi connectivity index (χ0v) is 15.4. The lowest BCUT2D eigenvalue weighted by Gasteiger charge is -2.32. The number of carbonyl (C=O) groups excluding carboxylic acids is 3. The van der Waals surface area contributed by atoms with Gasteiger partial charge in [-0.1, -0.05) is 25.4 Å². The van der Waals surface area contributed by atoms with Crippen LogP contribution in [0, 0.1) is 5.92 Å². The van der Waals surface area contributed by atoms with E-state index in [1.807, 2.05) is 6.92 Å². The zero-order chi connectivity index (χ0) is 18.4. The maximum absolute atomic E-state index is 12.6. The number of hydrogen-bond acceptors (Lipinski definition) is 3. The van der Waals surface area contributed by atoms with Gasteiger partial charge in [-0.05, 0) is 31.0 Å². The molecule has 1 fully saturated rings. The highest BCUT2D eigenvalue weighted by molar-refractivity contribution is 6.33. The van der Waals surface area contributed by atoms with Gasteiger partial charge in [-0.2, -0.15) is 0 Å². The van der Waals surface area contributed by atoms with Gasteiger partial charge in [-0.15, -0.1) is 0 Å². The lowest BCUT2D eigenvalue weighted by Crippen LogP contribution is -2.43. The molecule has 0 radical (unpaired) electrons. The highest BCUT2D eigenvalue weighted by atomic mass is 35.5. The van der Waals surface area contributed by atoms with Gasteiger partial charge < -0.3 is 15.5 Å². The normalized spacial score (nSPS) is 17.1. The molecule has 1 heterocycles. The number of carbonyl (C=O) groups is 3. The average Bonchev–Trinajstić information content (AvgIpc) is 2.63. The summed E-state index contributed by atoms with van der Waals surface area (Å²) in [5.41, 5.74) is 1.04. The van der Waals surface area contributed by atoms with E-state index in [9.17, 15) is 14.4 Å². The van der Waals surface area contributed by atoms with Gasteiger partial charge in [0.1, 0.15) is 0 Å². The standard InChI is InChI=1S/C18H24ClN3O3/c1-3-16(23)20-13-7-8-14(19)15(10-13)21-18(25)12-6-5-9-22(11-12)17(24)4-2/h7-8,10,12H,3-6,9,11H2,1-2H3,(H,20,23)(H,21,25). The summed E-state index contributed by atoms with van der Waals surface area (Å²) in [6.07, 6.45) is 2.36. The van der Waals surface area contributed by atoms with Crippen molar-refractivity contribution in [1.29, 1.82) is 0 Å². The van der Waals surface area contributed by atoms with Crippen LogP contribution in [0.25, 0.3) is 0 Å². The first-order valence-electron chi connectivity index (χ1n) is 8.62. The lowest BCUT2D eigenvalue weighted by atomic mass is 9.96. The van der Waals surface area contributed by atoms with E-state index in [1.165, 1.54) is 0 Å². The molecule has 0 saturated carbocycles. The number of rotatable bonds is 5. The smallest absolute Gasteiger partial charge is 0.229 e. The zero-order valence-electron chi connectivity index (χ0n) is 14.6. The minimum atomic E-state index is -0.255. The first-order valence-corrected chi connectivity index (χ1v) is 9.00. The Morgan fingerprint density at radius 1 is 1.20 bits per heavy atom. The van der Waals surface area contributed by atoms with Gasteiger partial charge in [0.2, 0.25) is 17.7 Å². The third-order valence-corrected chi connectivity index (χ3v) is 4.61. The Kier molecular flexibility index (Phi) is 6.82. The van der Waals surface area contributed by atoms with Crippen LogP contribution in [0.15, 0.2) is 18.2 Å². The Morgan fingerprint density at radius 3 is 2.64 bits per heavy atom. The Morgan fingerprint density at radius 2 is 1.96 bits per heavy atom. The predicted octanol–water partition coefficient (Wildman–Crippen LogP) is 3.28. The Hall–Kier alpha value is -2.08. The van der Waals surface area contributed by atoms with Gasteiger partial charge in [0, 0.05) is 31.6 Å². The van der Waals surface area contributed by atoms with Crippen molar-refractivity contribution in [2.24, 2.45) is 5.92 Å².